The Balaban J connectivity index is 2.72. The molecule has 0 aliphatic heterocycles. The van der Waals surface area contributed by atoms with E-state index in [2.05, 4.69) is 33.2 Å². The Morgan fingerprint density at radius 1 is 1.39 bits per heavy atom. The highest BCUT2D eigenvalue weighted by atomic mass is 127. The van der Waals surface area contributed by atoms with Crippen LogP contribution in [0.4, 0.5) is 5.69 Å². The molecule has 1 unspecified atom stereocenters. The molecule has 1 rings (SSSR count). The Labute approximate surface area is 127 Å². The lowest BCUT2D eigenvalue weighted by molar-refractivity contribution is -0.122. The molecule has 0 saturated heterocycles. The van der Waals surface area contributed by atoms with E-state index in [0.717, 1.165) is 9.26 Å². The molecule has 0 saturated carbocycles. The minimum Gasteiger partial charge on any atom is -0.373 e. The van der Waals surface area contributed by atoms with E-state index in [1.165, 1.54) is 0 Å². The summed E-state index contributed by atoms with van der Waals surface area (Å²) in [5.41, 5.74) is 0.544. The van der Waals surface area contributed by atoms with Crippen LogP contribution in [0.3, 0.4) is 0 Å². The first kappa shape index (κ1) is 15.6. The summed E-state index contributed by atoms with van der Waals surface area (Å²) in [4.78, 5) is 11.9. The summed E-state index contributed by atoms with van der Waals surface area (Å²) >= 11 is 8.29. The number of carbonyl (C=O) groups is 1. The van der Waals surface area contributed by atoms with Crippen LogP contribution in [0.1, 0.15) is 27.7 Å². The zero-order chi connectivity index (χ0) is 13.9. The summed E-state index contributed by atoms with van der Waals surface area (Å²) < 4.78 is 1.07. The number of benzene rings is 1. The van der Waals surface area contributed by atoms with E-state index in [0.29, 0.717) is 5.02 Å². The average molecular weight is 381 g/mol. The smallest absolute Gasteiger partial charge is 0.242 e. The van der Waals surface area contributed by atoms with Gasteiger partial charge in [0.15, 0.2) is 0 Å². The van der Waals surface area contributed by atoms with Gasteiger partial charge in [0.25, 0.3) is 0 Å². The van der Waals surface area contributed by atoms with Crippen LogP contribution in [-0.2, 0) is 4.79 Å². The number of anilines is 1. The van der Waals surface area contributed by atoms with Crippen molar-refractivity contribution in [2.45, 2.75) is 39.3 Å². The average Bonchev–Trinajstić information content (AvgIpc) is 2.21. The number of amides is 1. The Kier molecular flexibility index (Phi) is 5.28. The van der Waals surface area contributed by atoms with Gasteiger partial charge in [0.05, 0.1) is 10.7 Å². The van der Waals surface area contributed by atoms with Crippen LogP contribution in [-0.4, -0.2) is 17.5 Å². The van der Waals surface area contributed by atoms with Crippen LogP contribution in [0.25, 0.3) is 0 Å². The zero-order valence-corrected chi connectivity index (χ0v) is 13.9. The van der Waals surface area contributed by atoms with Gasteiger partial charge in [0.2, 0.25) is 5.91 Å². The molecule has 0 aromatic heterocycles. The molecule has 0 bridgehead atoms. The van der Waals surface area contributed by atoms with Crippen molar-refractivity contribution >= 4 is 45.8 Å². The number of nitrogens with one attached hydrogen (secondary N) is 2. The van der Waals surface area contributed by atoms with E-state index in [4.69, 9.17) is 11.6 Å². The third kappa shape index (κ3) is 5.02. The summed E-state index contributed by atoms with van der Waals surface area (Å²) in [6, 6.07) is 5.33. The predicted octanol–water partition coefficient (Wildman–Crippen LogP) is 3.66. The molecule has 5 heteroatoms. The maximum Gasteiger partial charge on any atom is 0.242 e. The van der Waals surface area contributed by atoms with Gasteiger partial charge in [0, 0.05) is 9.11 Å². The molecule has 0 heterocycles. The molecule has 0 radical (unpaired) electrons. The molecule has 3 nitrogen and oxygen atoms in total. The van der Waals surface area contributed by atoms with Crippen LogP contribution in [0.15, 0.2) is 18.2 Å². The standard InChI is InChI=1S/C13H18ClIN2O/c1-8(12(18)17-13(2,3)4)16-11-7-9(15)5-6-10(11)14/h5-8,16H,1-4H3,(H,17,18). The third-order valence-corrected chi connectivity index (χ3v) is 3.19. The van der Waals surface area contributed by atoms with Crippen molar-refractivity contribution in [2.75, 3.05) is 5.32 Å². The van der Waals surface area contributed by atoms with Crippen molar-refractivity contribution in [3.63, 3.8) is 0 Å². The van der Waals surface area contributed by atoms with Crippen molar-refractivity contribution in [3.05, 3.63) is 26.8 Å². The lowest BCUT2D eigenvalue weighted by Crippen LogP contribution is -2.47. The van der Waals surface area contributed by atoms with Crippen molar-refractivity contribution in [1.29, 1.82) is 0 Å². The Morgan fingerprint density at radius 3 is 2.56 bits per heavy atom. The molecule has 1 aromatic rings. The summed E-state index contributed by atoms with van der Waals surface area (Å²) in [5.74, 6) is -0.0440. The summed E-state index contributed by atoms with van der Waals surface area (Å²) in [6.45, 7) is 7.68. The molecule has 0 aliphatic rings. The lowest BCUT2D eigenvalue weighted by atomic mass is 10.1. The predicted molar refractivity (Wildman–Crippen MR) is 85.1 cm³/mol. The van der Waals surface area contributed by atoms with Gasteiger partial charge in [-0.15, -0.1) is 0 Å². The number of rotatable bonds is 3. The maximum absolute atomic E-state index is 11.9. The second-order valence-electron chi connectivity index (χ2n) is 5.23. The van der Waals surface area contributed by atoms with Gasteiger partial charge >= 0.3 is 0 Å². The van der Waals surface area contributed by atoms with Crippen LogP contribution < -0.4 is 10.6 Å². The van der Waals surface area contributed by atoms with Crippen LogP contribution in [0.2, 0.25) is 5.02 Å². The topological polar surface area (TPSA) is 41.1 Å². The highest BCUT2D eigenvalue weighted by Gasteiger charge is 2.19. The normalized spacial score (nSPS) is 13.0. The first-order valence-corrected chi connectivity index (χ1v) is 7.18. The molecule has 2 N–H and O–H groups in total. The molecule has 100 valence electrons. The Hall–Kier alpha value is -0.490. The SMILES string of the molecule is CC(Nc1cc(I)ccc1Cl)C(=O)NC(C)(C)C. The monoisotopic (exact) mass is 380 g/mol. The number of hydrogen-bond donors (Lipinski definition) is 2. The summed E-state index contributed by atoms with van der Waals surface area (Å²) in [5, 5.41) is 6.67. The Morgan fingerprint density at radius 2 is 2.00 bits per heavy atom. The van der Waals surface area contributed by atoms with E-state index in [1.54, 1.807) is 0 Å². The van der Waals surface area contributed by atoms with Gasteiger partial charge in [-0.2, -0.15) is 0 Å². The van der Waals surface area contributed by atoms with E-state index in [9.17, 15) is 4.79 Å². The molecular formula is C13H18ClIN2O. The second-order valence-corrected chi connectivity index (χ2v) is 6.88. The second kappa shape index (κ2) is 6.10. The van der Waals surface area contributed by atoms with Gasteiger partial charge in [0.1, 0.15) is 6.04 Å². The maximum atomic E-state index is 11.9. The molecule has 18 heavy (non-hydrogen) atoms. The van der Waals surface area contributed by atoms with E-state index < -0.39 is 0 Å². The summed E-state index contributed by atoms with van der Waals surface area (Å²) in [6.07, 6.45) is 0. The zero-order valence-electron chi connectivity index (χ0n) is 11.0. The first-order chi connectivity index (χ1) is 8.19. The molecule has 0 spiro atoms. The highest BCUT2D eigenvalue weighted by molar-refractivity contribution is 14.1. The van der Waals surface area contributed by atoms with Gasteiger partial charge in [-0.25, -0.2) is 0 Å². The Bertz CT molecular complexity index is 443. The quantitative estimate of drug-likeness (QED) is 0.786. The molecule has 0 aliphatic carbocycles. The third-order valence-electron chi connectivity index (χ3n) is 2.19. The van der Waals surface area contributed by atoms with Crippen molar-refractivity contribution in [2.24, 2.45) is 0 Å². The fraction of sp³-hybridized carbons (Fsp3) is 0.462. The minimum absolute atomic E-state index is 0.0440. The van der Waals surface area contributed by atoms with E-state index in [-0.39, 0.29) is 17.5 Å². The van der Waals surface area contributed by atoms with Crippen molar-refractivity contribution < 1.29 is 4.79 Å². The first-order valence-electron chi connectivity index (χ1n) is 5.72. The molecular weight excluding hydrogens is 363 g/mol. The molecule has 1 amide bonds. The number of carbonyl (C=O) groups excluding carboxylic acids is 1. The van der Waals surface area contributed by atoms with Crippen molar-refractivity contribution in [1.82, 2.24) is 5.32 Å². The van der Waals surface area contributed by atoms with E-state index in [1.807, 2.05) is 45.9 Å². The number of halogens is 2. The van der Waals surface area contributed by atoms with Crippen LogP contribution in [0.5, 0.6) is 0 Å². The van der Waals surface area contributed by atoms with Crippen LogP contribution in [0, 0.1) is 3.57 Å². The highest BCUT2D eigenvalue weighted by Crippen LogP contribution is 2.24. The van der Waals surface area contributed by atoms with Crippen molar-refractivity contribution in [3.8, 4) is 0 Å². The van der Waals surface area contributed by atoms with Gasteiger partial charge in [-0.05, 0) is 68.5 Å². The van der Waals surface area contributed by atoms with E-state index >= 15 is 0 Å². The van der Waals surface area contributed by atoms with Gasteiger partial charge in [-0.1, -0.05) is 11.6 Å². The minimum atomic E-state index is -0.333. The molecule has 1 atom stereocenters. The molecule has 1 aromatic carbocycles. The fourth-order valence-electron chi connectivity index (χ4n) is 1.38. The molecule has 0 fully saturated rings. The van der Waals surface area contributed by atoms with Gasteiger partial charge in [-0.3, -0.25) is 4.79 Å². The number of hydrogen-bond acceptors (Lipinski definition) is 2. The fourth-order valence-corrected chi connectivity index (χ4v) is 2.05. The van der Waals surface area contributed by atoms with Gasteiger partial charge < -0.3 is 10.6 Å². The summed E-state index contributed by atoms with van der Waals surface area (Å²) in [7, 11) is 0. The lowest BCUT2D eigenvalue weighted by Gasteiger charge is -2.24. The van der Waals surface area contributed by atoms with Crippen LogP contribution >= 0.6 is 34.2 Å². The largest absolute Gasteiger partial charge is 0.373 e.